The van der Waals surface area contributed by atoms with Crippen LogP contribution in [0.15, 0.2) is 48.0 Å². The number of nitrogens with zero attached hydrogens (tertiary/aromatic N) is 1. The van der Waals surface area contributed by atoms with Crippen LogP contribution in [0.2, 0.25) is 0 Å². The number of rotatable bonds is 6. The van der Waals surface area contributed by atoms with Crippen LogP contribution in [0.25, 0.3) is 16.7 Å². The van der Waals surface area contributed by atoms with Crippen LogP contribution in [0.3, 0.4) is 0 Å². The van der Waals surface area contributed by atoms with E-state index in [4.69, 9.17) is 9.47 Å². The fourth-order valence-corrected chi connectivity index (χ4v) is 4.40. The highest BCUT2D eigenvalue weighted by molar-refractivity contribution is 6.46. The first-order valence-electron chi connectivity index (χ1n) is 10.4. The van der Waals surface area contributed by atoms with Gasteiger partial charge in [0.15, 0.2) is 0 Å². The lowest BCUT2D eigenvalue weighted by atomic mass is 9.92. The van der Waals surface area contributed by atoms with Gasteiger partial charge >= 0.3 is 0 Å². The molecule has 2 heterocycles. The highest BCUT2D eigenvalue weighted by Crippen LogP contribution is 2.44. The summed E-state index contributed by atoms with van der Waals surface area (Å²) in [7, 11) is 3.04. The van der Waals surface area contributed by atoms with Crippen LogP contribution in [-0.2, 0) is 14.3 Å². The van der Waals surface area contributed by atoms with E-state index in [9.17, 15) is 14.7 Å². The summed E-state index contributed by atoms with van der Waals surface area (Å²) in [4.78, 5) is 31.1. The predicted molar refractivity (Wildman–Crippen MR) is 122 cm³/mol. The number of fused-ring (bicyclic) bond motifs is 1. The third-order valence-electron chi connectivity index (χ3n) is 5.90. The molecule has 1 fully saturated rings. The zero-order chi connectivity index (χ0) is 23.0. The second-order valence-electron chi connectivity index (χ2n) is 7.90. The number of aliphatic hydroxyl groups excluding tert-OH is 1. The third-order valence-corrected chi connectivity index (χ3v) is 5.90. The minimum Gasteiger partial charge on any atom is -0.507 e. The van der Waals surface area contributed by atoms with E-state index in [1.807, 2.05) is 44.2 Å². The smallest absolute Gasteiger partial charge is 0.295 e. The van der Waals surface area contributed by atoms with Crippen molar-refractivity contribution in [3.05, 3.63) is 70.4 Å². The first-order valence-corrected chi connectivity index (χ1v) is 10.4. The van der Waals surface area contributed by atoms with Gasteiger partial charge in [0.1, 0.15) is 11.5 Å². The number of hydrogen-bond donors (Lipinski definition) is 2. The lowest BCUT2D eigenvalue weighted by Crippen LogP contribution is -2.32. The maximum atomic E-state index is 13.2. The Hall–Kier alpha value is -3.58. The van der Waals surface area contributed by atoms with Crippen molar-refractivity contribution >= 4 is 28.4 Å². The summed E-state index contributed by atoms with van der Waals surface area (Å²) in [6.07, 6.45) is 0. The topological polar surface area (TPSA) is 91.9 Å². The van der Waals surface area contributed by atoms with Crippen molar-refractivity contribution in [2.24, 2.45) is 0 Å². The van der Waals surface area contributed by atoms with Gasteiger partial charge in [-0.2, -0.15) is 0 Å². The summed E-state index contributed by atoms with van der Waals surface area (Å²) in [5, 5.41) is 12.3. The van der Waals surface area contributed by atoms with E-state index < -0.39 is 17.7 Å². The number of ketones is 1. The number of ether oxygens (including phenoxy) is 2. The highest BCUT2D eigenvalue weighted by atomic mass is 16.5. The quantitative estimate of drug-likeness (QED) is 0.349. The number of likely N-dealkylation sites (tertiary alicyclic amines) is 1. The summed E-state index contributed by atoms with van der Waals surface area (Å²) in [6, 6.07) is 12.3. The number of nitrogens with one attached hydrogen (secondary N) is 1. The SMILES string of the molecule is COCCN1C(=O)C(=O)/C(=C(/O)c2cc(C)ccc2OC)C1c1c(C)[nH]c2ccccc12. The molecule has 0 aliphatic carbocycles. The van der Waals surface area contributed by atoms with E-state index in [0.717, 1.165) is 27.7 Å². The number of H-pyrrole nitrogens is 1. The summed E-state index contributed by atoms with van der Waals surface area (Å²) in [5.74, 6) is -1.22. The number of aliphatic hydroxyl groups is 1. The number of aryl methyl sites for hydroxylation is 2. The third kappa shape index (κ3) is 3.44. The van der Waals surface area contributed by atoms with Crippen LogP contribution in [0.5, 0.6) is 5.75 Å². The molecule has 2 N–H and O–H groups in total. The molecule has 2 aromatic carbocycles. The number of methoxy groups -OCH3 is 2. The molecule has 0 saturated carbocycles. The van der Waals surface area contributed by atoms with Gasteiger partial charge in [-0.3, -0.25) is 9.59 Å². The molecule has 1 saturated heterocycles. The zero-order valence-electron chi connectivity index (χ0n) is 18.6. The predicted octanol–water partition coefficient (Wildman–Crippen LogP) is 3.86. The summed E-state index contributed by atoms with van der Waals surface area (Å²) >= 11 is 0. The second-order valence-corrected chi connectivity index (χ2v) is 7.90. The molecule has 7 heteroatoms. The minimum absolute atomic E-state index is 0.0443. The van der Waals surface area contributed by atoms with Gasteiger partial charge in [-0.05, 0) is 32.0 Å². The Morgan fingerprint density at radius 3 is 2.59 bits per heavy atom. The van der Waals surface area contributed by atoms with Crippen LogP contribution < -0.4 is 4.74 Å². The van der Waals surface area contributed by atoms with E-state index in [0.29, 0.717) is 11.3 Å². The fraction of sp³-hybridized carbons (Fsp3) is 0.280. The normalized spacial score (nSPS) is 18.0. The summed E-state index contributed by atoms with van der Waals surface area (Å²) < 4.78 is 10.6. The molecule has 1 aromatic heterocycles. The molecule has 1 amide bonds. The second kappa shape index (κ2) is 8.51. The number of carbonyl (C=O) groups is 2. The van der Waals surface area contributed by atoms with Crippen LogP contribution >= 0.6 is 0 Å². The molecule has 1 aliphatic rings. The Labute approximate surface area is 186 Å². The maximum Gasteiger partial charge on any atom is 0.295 e. The zero-order valence-corrected chi connectivity index (χ0v) is 18.6. The Morgan fingerprint density at radius 2 is 1.88 bits per heavy atom. The first-order chi connectivity index (χ1) is 15.4. The lowest BCUT2D eigenvalue weighted by molar-refractivity contribution is -0.140. The van der Waals surface area contributed by atoms with Gasteiger partial charge in [0.05, 0.1) is 30.9 Å². The number of Topliss-reactive ketones (excluding diaryl/α,β-unsaturated/α-hetero) is 1. The Balaban J connectivity index is 2.01. The van der Waals surface area contributed by atoms with E-state index in [1.165, 1.54) is 12.0 Å². The van der Waals surface area contributed by atoms with Crippen molar-refractivity contribution < 1.29 is 24.2 Å². The molecular formula is C25H26N2O5. The summed E-state index contributed by atoms with van der Waals surface area (Å²) in [6.45, 7) is 4.26. The number of hydrogen-bond acceptors (Lipinski definition) is 5. The molecular weight excluding hydrogens is 408 g/mol. The van der Waals surface area contributed by atoms with Crippen molar-refractivity contribution in [1.29, 1.82) is 0 Å². The average Bonchev–Trinajstić information content (AvgIpc) is 3.24. The van der Waals surface area contributed by atoms with Gasteiger partial charge < -0.3 is 24.5 Å². The lowest BCUT2D eigenvalue weighted by Gasteiger charge is -2.25. The molecule has 32 heavy (non-hydrogen) atoms. The number of aromatic nitrogens is 1. The minimum atomic E-state index is -0.758. The Morgan fingerprint density at radius 1 is 1.12 bits per heavy atom. The Kier molecular flexibility index (Phi) is 5.76. The van der Waals surface area contributed by atoms with Crippen LogP contribution in [0, 0.1) is 13.8 Å². The van der Waals surface area contributed by atoms with Crippen molar-refractivity contribution in [3.63, 3.8) is 0 Å². The molecule has 0 radical (unpaired) electrons. The van der Waals surface area contributed by atoms with Gasteiger partial charge in [-0.25, -0.2) is 0 Å². The largest absolute Gasteiger partial charge is 0.507 e. The van der Waals surface area contributed by atoms with Crippen molar-refractivity contribution in [1.82, 2.24) is 9.88 Å². The van der Waals surface area contributed by atoms with Crippen molar-refractivity contribution in [2.45, 2.75) is 19.9 Å². The standard InChI is InChI=1S/C25H26N2O5/c1-14-9-10-19(32-4)17(13-14)23(28)21-22(27(11-12-31-3)25(30)24(21)29)20-15(2)26-18-8-6-5-7-16(18)20/h5-10,13,22,26,28H,11-12H2,1-4H3/b23-21+. The molecule has 1 aliphatic heterocycles. The first kappa shape index (κ1) is 21.6. The Bertz CT molecular complexity index is 1240. The van der Waals surface area contributed by atoms with Gasteiger partial charge in [0.25, 0.3) is 11.7 Å². The molecule has 0 spiro atoms. The number of para-hydroxylation sites is 1. The van der Waals surface area contributed by atoms with Crippen molar-refractivity contribution in [2.75, 3.05) is 27.4 Å². The molecule has 4 rings (SSSR count). The number of amides is 1. The highest BCUT2D eigenvalue weighted by Gasteiger charge is 2.47. The van der Waals surface area contributed by atoms with Crippen LogP contribution in [0.1, 0.15) is 28.4 Å². The van der Waals surface area contributed by atoms with E-state index in [2.05, 4.69) is 4.98 Å². The van der Waals surface area contributed by atoms with Gasteiger partial charge in [0, 0.05) is 35.8 Å². The van der Waals surface area contributed by atoms with Gasteiger partial charge in [0.2, 0.25) is 0 Å². The van der Waals surface area contributed by atoms with Crippen LogP contribution in [-0.4, -0.2) is 54.1 Å². The molecule has 166 valence electrons. The van der Waals surface area contributed by atoms with Gasteiger partial charge in [-0.15, -0.1) is 0 Å². The van der Waals surface area contributed by atoms with Crippen LogP contribution in [0.4, 0.5) is 0 Å². The molecule has 1 atom stereocenters. The molecule has 3 aromatic rings. The van der Waals surface area contributed by atoms with Crippen molar-refractivity contribution in [3.8, 4) is 5.75 Å². The molecule has 1 unspecified atom stereocenters. The van der Waals surface area contributed by atoms with E-state index in [-0.39, 0.29) is 24.5 Å². The number of aromatic amines is 1. The number of carbonyl (C=O) groups excluding carboxylic acids is 2. The fourth-order valence-electron chi connectivity index (χ4n) is 4.40. The monoisotopic (exact) mass is 434 g/mol. The molecule has 7 nitrogen and oxygen atoms in total. The van der Waals surface area contributed by atoms with E-state index >= 15 is 0 Å². The number of benzene rings is 2. The molecule has 0 bridgehead atoms. The van der Waals surface area contributed by atoms with Gasteiger partial charge in [-0.1, -0.05) is 29.8 Å². The van der Waals surface area contributed by atoms with E-state index in [1.54, 1.807) is 19.2 Å². The summed E-state index contributed by atoms with van der Waals surface area (Å²) in [5.41, 5.74) is 3.81. The average molecular weight is 434 g/mol. The maximum absolute atomic E-state index is 13.2.